The maximum atomic E-state index is 15.0. The van der Waals surface area contributed by atoms with E-state index in [1.165, 1.54) is 49.7 Å². The van der Waals surface area contributed by atoms with E-state index < -0.39 is 16.4 Å². The van der Waals surface area contributed by atoms with E-state index in [-0.39, 0.29) is 17.8 Å². The summed E-state index contributed by atoms with van der Waals surface area (Å²) in [7, 11) is 16.6. The van der Waals surface area contributed by atoms with Crippen LogP contribution in [0, 0.1) is 0 Å². The van der Waals surface area contributed by atoms with Crippen LogP contribution in [0.2, 0.25) is 0 Å². The van der Waals surface area contributed by atoms with E-state index in [2.05, 4.69) is 185 Å². The molecule has 4 aliphatic carbocycles. The topological polar surface area (TPSA) is 39.3 Å². The summed E-state index contributed by atoms with van der Waals surface area (Å²) in [5, 5.41) is 2.57. The smallest absolute Gasteiger partial charge is 0.339 e. The summed E-state index contributed by atoms with van der Waals surface area (Å²) in [5.41, 5.74) is 14.7. The van der Waals surface area contributed by atoms with E-state index in [4.69, 9.17) is 4.74 Å². The van der Waals surface area contributed by atoms with Crippen LogP contribution in [0.25, 0.3) is 10.8 Å². The Morgan fingerprint density at radius 3 is 1.35 bits per heavy atom. The Bertz CT molecular complexity index is 2500. The highest BCUT2D eigenvalue weighted by atomic mass is 16.6. The first-order valence-electron chi connectivity index (χ1n) is 19.0. The van der Waals surface area contributed by atoms with Gasteiger partial charge in [-0.3, -0.25) is 0 Å². The number of hydrogen-bond acceptors (Lipinski definition) is 6. The Kier molecular flexibility index (Phi) is 5.91. The molecule has 5 aliphatic rings. The minimum Gasteiger partial charge on any atom is -0.448 e. The first-order chi connectivity index (χ1) is 26.0. The molecule has 268 valence electrons. The van der Waals surface area contributed by atoms with Crippen LogP contribution in [0.1, 0.15) is 72.3 Å². The van der Waals surface area contributed by atoms with Gasteiger partial charge in [0.25, 0.3) is 0 Å². The van der Waals surface area contributed by atoms with Crippen molar-refractivity contribution in [1.82, 2.24) is 0 Å². The molecule has 3 atom stereocenters. The normalized spacial score (nSPS) is 21.9. The lowest BCUT2D eigenvalue weighted by atomic mass is 9.63. The van der Waals surface area contributed by atoms with Crippen LogP contribution in [-0.2, 0) is 21.2 Å². The van der Waals surface area contributed by atoms with Crippen molar-refractivity contribution in [2.24, 2.45) is 0 Å². The fourth-order valence-corrected chi connectivity index (χ4v) is 11.3. The van der Waals surface area contributed by atoms with Crippen LogP contribution in [0.4, 0.5) is 22.7 Å². The van der Waals surface area contributed by atoms with Gasteiger partial charge in [-0.2, -0.15) is 0 Å². The lowest BCUT2D eigenvalue weighted by Crippen LogP contribution is -2.32. The van der Waals surface area contributed by atoms with Gasteiger partial charge in [0.2, 0.25) is 0 Å². The zero-order chi connectivity index (χ0) is 37.2. The maximum absolute atomic E-state index is 15.0. The van der Waals surface area contributed by atoms with Crippen molar-refractivity contribution in [3.63, 3.8) is 0 Å². The molecule has 0 bridgehead atoms. The Labute approximate surface area is 317 Å². The number of carbonyl (C=O) groups is 1. The highest BCUT2D eigenvalue weighted by Crippen LogP contribution is 2.89. The Morgan fingerprint density at radius 2 is 0.926 bits per heavy atom. The van der Waals surface area contributed by atoms with Gasteiger partial charge in [0.05, 0.1) is 16.4 Å². The van der Waals surface area contributed by atoms with Crippen LogP contribution in [0.5, 0.6) is 0 Å². The number of carbonyl (C=O) groups excluding carboxylic acids is 1. The van der Waals surface area contributed by atoms with Crippen molar-refractivity contribution in [3.8, 4) is 0 Å². The van der Waals surface area contributed by atoms with Crippen LogP contribution < -0.4 is 19.6 Å². The van der Waals surface area contributed by atoms with Gasteiger partial charge in [-0.1, -0.05) is 60.7 Å². The molecule has 6 nitrogen and oxygen atoms in total. The molecule has 6 aromatic rings. The molecule has 3 unspecified atom stereocenters. The number of fused-ring (bicyclic) bond motifs is 4. The average Bonchev–Trinajstić information content (AvgIpc) is 3.93. The minimum absolute atomic E-state index is 0.0265. The first kappa shape index (κ1) is 31.7. The number of rotatable bonds is 8. The van der Waals surface area contributed by atoms with Gasteiger partial charge < -0.3 is 24.3 Å². The number of anilines is 4. The summed E-state index contributed by atoms with van der Waals surface area (Å²) in [4.78, 5) is 23.6. The summed E-state index contributed by atoms with van der Waals surface area (Å²) in [6, 6.07) is 40.7. The Balaban J connectivity index is 1.20. The largest absolute Gasteiger partial charge is 0.448 e. The Morgan fingerprint density at radius 1 is 0.500 bits per heavy atom. The van der Waals surface area contributed by atoms with Crippen molar-refractivity contribution in [1.29, 1.82) is 0 Å². The molecule has 6 heteroatoms. The second-order valence-electron chi connectivity index (χ2n) is 16.9. The van der Waals surface area contributed by atoms with Gasteiger partial charge in [-0.15, -0.1) is 0 Å². The maximum Gasteiger partial charge on any atom is 0.339 e. The molecule has 54 heavy (non-hydrogen) atoms. The summed E-state index contributed by atoms with van der Waals surface area (Å²) >= 11 is 0. The number of hydrogen-bond donors (Lipinski definition) is 0. The molecule has 1 aliphatic heterocycles. The van der Waals surface area contributed by atoms with Crippen molar-refractivity contribution in [2.75, 3.05) is 76.0 Å². The first-order valence-corrected chi connectivity index (χ1v) is 19.0. The van der Waals surface area contributed by atoms with Gasteiger partial charge in [-0.05, 0) is 104 Å². The lowest BCUT2D eigenvalue weighted by molar-refractivity contribution is 0.0213. The van der Waals surface area contributed by atoms with E-state index in [9.17, 15) is 0 Å². The van der Waals surface area contributed by atoms with E-state index in [1.807, 2.05) is 0 Å². The Hall–Kier alpha value is -5.75. The van der Waals surface area contributed by atoms with Crippen LogP contribution in [0.3, 0.4) is 0 Å². The molecule has 1 heterocycles. The zero-order valence-electron chi connectivity index (χ0n) is 32.2. The molecule has 0 radical (unpaired) electrons. The summed E-state index contributed by atoms with van der Waals surface area (Å²) in [6.07, 6.45) is 0. The number of esters is 1. The van der Waals surface area contributed by atoms with Crippen molar-refractivity contribution < 1.29 is 9.53 Å². The lowest BCUT2D eigenvalue weighted by Gasteiger charge is -2.37. The van der Waals surface area contributed by atoms with Crippen molar-refractivity contribution >= 4 is 39.5 Å². The van der Waals surface area contributed by atoms with Gasteiger partial charge in [0, 0.05) is 96.5 Å². The van der Waals surface area contributed by atoms with Crippen LogP contribution >= 0.6 is 0 Å². The second kappa shape index (κ2) is 10.1. The molecular formula is C48H44N4O2. The predicted molar refractivity (Wildman–Crippen MR) is 219 cm³/mol. The monoisotopic (exact) mass is 708 g/mol. The highest BCUT2D eigenvalue weighted by Gasteiger charge is 2.91. The molecule has 0 amide bonds. The quantitative estimate of drug-likeness (QED) is 0.148. The molecule has 1 fully saturated rings. The number of benzene rings is 6. The molecule has 1 saturated carbocycles. The van der Waals surface area contributed by atoms with Crippen molar-refractivity contribution in [3.05, 3.63) is 165 Å². The third-order valence-corrected chi connectivity index (χ3v) is 13.7. The van der Waals surface area contributed by atoms with E-state index >= 15 is 4.79 Å². The molecule has 0 saturated heterocycles. The van der Waals surface area contributed by atoms with E-state index in [0.717, 1.165) is 39.4 Å². The van der Waals surface area contributed by atoms with Gasteiger partial charge >= 0.3 is 5.97 Å². The van der Waals surface area contributed by atoms with E-state index in [1.54, 1.807) is 0 Å². The van der Waals surface area contributed by atoms with Gasteiger partial charge in [0.15, 0.2) is 5.60 Å². The third kappa shape index (κ3) is 3.39. The average molecular weight is 709 g/mol. The predicted octanol–water partition coefficient (Wildman–Crippen LogP) is 8.36. The fraction of sp³-hybridized carbons (Fsp3) is 0.271. The summed E-state index contributed by atoms with van der Waals surface area (Å²) in [5.74, 6) is 0.0135. The van der Waals surface area contributed by atoms with Crippen LogP contribution in [0.15, 0.2) is 109 Å². The summed E-state index contributed by atoms with van der Waals surface area (Å²) < 4.78 is 6.99. The zero-order valence-corrected chi connectivity index (χ0v) is 32.2. The molecule has 1 spiro atoms. The molecule has 6 aromatic carbocycles. The minimum atomic E-state index is -0.760. The molecular weight excluding hydrogens is 665 g/mol. The van der Waals surface area contributed by atoms with Crippen molar-refractivity contribution in [2.45, 2.75) is 28.3 Å². The fourth-order valence-electron chi connectivity index (χ4n) is 11.3. The number of ether oxygens (including phenoxy) is 1. The van der Waals surface area contributed by atoms with Crippen LogP contribution in [-0.4, -0.2) is 62.4 Å². The van der Waals surface area contributed by atoms with Gasteiger partial charge in [-0.25, -0.2) is 4.79 Å². The standard InChI is InChI=1S/C48H44N4O2/c1-49(2)31-17-9-27(10-18-31)46(28-11-19-32(20-12-28)50(3)4)41-36-26-25-35-37(38(36)41)42(46)40-43-39(35)44-47(48(43,44)54-45(40)53,29-13-21-33(22-14-29)51(5)6)30-15-23-34(24-16-30)52(7)8/h9-26,41,44H,1-8H3. The molecule has 0 N–H and O–H groups in total. The highest BCUT2D eigenvalue weighted by molar-refractivity contribution is 6.16. The number of nitrogens with zero attached hydrogens (tertiary/aromatic N) is 4. The van der Waals surface area contributed by atoms with E-state index in [0.29, 0.717) is 0 Å². The molecule has 11 rings (SSSR count). The molecule has 0 aromatic heterocycles. The third-order valence-electron chi connectivity index (χ3n) is 13.7. The summed E-state index contributed by atoms with van der Waals surface area (Å²) in [6.45, 7) is 0. The second-order valence-corrected chi connectivity index (χ2v) is 16.9. The SMILES string of the molecule is CN(C)c1ccc(C2(c3ccc(N(C)C)cc3)c3c4c5c(c6ccc7c(c36)C72)C2C5(OC4=O)C2(c2ccc(N(C)C)cc2)c2ccc(N(C)C)cc2)cc1. The van der Waals surface area contributed by atoms with Gasteiger partial charge in [0.1, 0.15) is 0 Å².